The van der Waals surface area contributed by atoms with Gasteiger partial charge in [0.25, 0.3) is 11.8 Å². The van der Waals surface area contributed by atoms with Crippen molar-refractivity contribution in [2.45, 2.75) is 24.8 Å². The first-order valence-electron chi connectivity index (χ1n) is 12.0. The van der Waals surface area contributed by atoms with E-state index in [2.05, 4.69) is 20.8 Å². The molecule has 1 saturated carbocycles. The molecule has 1 fully saturated rings. The number of carbonyl (C=O) groups is 2. The maximum absolute atomic E-state index is 13.5. The van der Waals surface area contributed by atoms with E-state index in [1.54, 1.807) is 47.3 Å². The minimum atomic E-state index is -2.64. The van der Waals surface area contributed by atoms with Crippen LogP contribution in [0.4, 0.5) is 5.69 Å². The monoisotopic (exact) mass is 590 g/mol. The number of nitrogens with one attached hydrogen (secondary N) is 2. The number of anilines is 1. The van der Waals surface area contributed by atoms with Crippen LogP contribution in [0.25, 0.3) is 0 Å². The third kappa shape index (κ3) is 6.09. The Morgan fingerprint density at radius 3 is 2.79 bits per heavy atom. The first kappa shape index (κ1) is 27.1. The second-order valence-corrected chi connectivity index (χ2v) is 10.6. The normalized spacial score (nSPS) is 19.3. The van der Waals surface area contributed by atoms with Crippen LogP contribution >= 0.6 is 23.2 Å². The molecule has 2 atom stereocenters. The Bertz CT molecular complexity index is 1440. The zero-order chi connectivity index (χ0) is 27.7. The summed E-state index contributed by atoms with van der Waals surface area (Å²) in [7, 11) is 1.72. The Morgan fingerprint density at radius 2 is 2.08 bits per heavy atom. The molecular formula is C25H24Cl2N6O5S. The van der Waals surface area contributed by atoms with Gasteiger partial charge in [-0.2, -0.15) is 9.31 Å². The van der Waals surface area contributed by atoms with Crippen molar-refractivity contribution in [2.24, 2.45) is 5.10 Å². The highest BCUT2D eigenvalue weighted by atomic mass is 35.5. The Hall–Kier alpha value is -3.45. The molecule has 3 aliphatic rings. The number of carbonyl (C=O) groups excluding carboxylic acids is 2. The first-order chi connectivity index (χ1) is 18.7. The molecule has 2 aromatic rings. The van der Waals surface area contributed by atoms with Gasteiger partial charge >= 0.3 is 11.4 Å². The Morgan fingerprint density at radius 1 is 1.28 bits per heavy atom. The average Bonchev–Trinajstić information content (AvgIpc) is 3.65. The molecule has 204 valence electrons. The van der Waals surface area contributed by atoms with Crippen molar-refractivity contribution in [1.29, 1.82) is 0 Å². The highest BCUT2D eigenvalue weighted by molar-refractivity contribution is 7.74. The summed E-state index contributed by atoms with van der Waals surface area (Å²) in [5, 5.41) is 7.98. The van der Waals surface area contributed by atoms with Crippen LogP contribution in [-0.2, 0) is 20.3 Å². The molecule has 1 aliphatic carbocycles. The smallest absolute Gasteiger partial charge is 0.357 e. The first-order valence-corrected chi connectivity index (χ1v) is 13.8. The van der Waals surface area contributed by atoms with Gasteiger partial charge in [0.1, 0.15) is 5.84 Å². The van der Waals surface area contributed by atoms with Crippen molar-refractivity contribution in [3.63, 3.8) is 0 Å². The fourth-order valence-electron chi connectivity index (χ4n) is 4.40. The van der Waals surface area contributed by atoms with E-state index in [-0.39, 0.29) is 47.0 Å². The molecule has 3 heterocycles. The molecule has 5 rings (SSSR count). The summed E-state index contributed by atoms with van der Waals surface area (Å²) in [6.07, 6.45) is 6.31. The van der Waals surface area contributed by atoms with Gasteiger partial charge in [0.05, 0.1) is 34.4 Å². The molecule has 11 nitrogen and oxygen atoms in total. The van der Waals surface area contributed by atoms with E-state index < -0.39 is 17.3 Å². The van der Waals surface area contributed by atoms with Gasteiger partial charge < -0.3 is 24.7 Å². The molecule has 39 heavy (non-hydrogen) atoms. The fourth-order valence-corrected chi connectivity index (χ4v) is 5.08. The molecular weight excluding hydrogens is 567 g/mol. The number of amidine groups is 1. The minimum Gasteiger partial charge on any atom is -0.379 e. The predicted molar refractivity (Wildman–Crippen MR) is 147 cm³/mol. The summed E-state index contributed by atoms with van der Waals surface area (Å²) >= 11 is 9.91. The standard InChI is InChI=1S/C25H24Cl2N6O5S/c1-32(16-5-6-16)25(35)18-10-15(26)4-7-21(18)30-24(34)14-9-17(38-39(36)37)13-33(12-14)23-19(11-29-31-23)22-20(27)3-2-8-28-22/h2-4,7-10,13,16,19,29H,5-6,11-12H2,1H3,(H,30,34)(H,36,37). The molecule has 0 spiro atoms. The second-order valence-electron chi connectivity index (χ2n) is 9.18. The Kier molecular flexibility index (Phi) is 7.89. The summed E-state index contributed by atoms with van der Waals surface area (Å²) in [5.41, 5.74) is 4.26. The topological polar surface area (TPSA) is 136 Å². The number of allylic oxidation sites excluding steroid dienone is 1. The van der Waals surface area contributed by atoms with Crippen molar-refractivity contribution in [2.75, 3.05) is 25.5 Å². The molecule has 0 saturated heterocycles. The number of benzene rings is 1. The molecule has 0 radical (unpaired) electrons. The molecule has 1 aromatic carbocycles. The van der Waals surface area contributed by atoms with Gasteiger partial charge in [-0.3, -0.25) is 19.1 Å². The van der Waals surface area contributed by atoms with E-state index in [0.717, 1.165) is 12.8 Å². The van der Waals surface area contributed by atoms with E-state index in [1.807, 2.05) is 0 Å². The highest BCUT2D eigenvalue weighted by Gasteiger charge is 2.34. The second kappa shape index (κ2) is 11.3. The molecule has 2 aliphatic heterocycles. The molecule has 1 aromatic heterocycles. The third-order valence-corrected chi connectivity index (χ3v) is 7.38. The summed E-state index contributed by atoms with van der Waals surface area (Å²) in [4.78, 5) is 34.2. The van der Waals surface area contributed by atoms with E-state index >= 15 is 0 Å². The Balaban J connectivity index is 1.41. The maximum Gasteiger partial charge on any atom is 0.357 e. The molecule has 0 bridgehead atoms. The van der Waals surface area contributed by atoms with Crippen LogP contribution in [-0.4, -0.2) is 67.4 Å². The van der Waals surface area contributed by atoms with Crippen LogP contribution in [0.5, 0.6) is 0 Å². The number of amides is 2. The number of halogens is 2. The zero-order valence-electron chi connectivity index (χ0n) is 20.6. The van der Waals surface area contributed by atoms with Gasteiger partial charge in [0.2, 0.25) is 0 Å². The lowest BCUT2D eigenvalue weighted by molar-refractivity contribution is -0.113. The van der Waals surface area contributed by atoms with Crippen LogP contribution in [0.2, 0.25) is 10.0 Å². The van der Waals surface area contributed by atoms with Gasteiger partial charge in [0, 0.05) is 42.6 Å². The Labute approximate surface area is 237 Å². The SMILES string of the molecule is CN(C(=O)c1cc(Cl)ccc1NC(=O)C1=CC(OS(=O)O)=CN(C2=NNCC2c2ncccc2Cl)C1)C1CC1. The van der Waals surface area contributed by atoms with E-state index in [4.69, 9.17) is 27.4 Å². The van der Waals surface area contributed by atoms with Crippen LogP contribution in [0.15, 0.2) is 65.2 Å². The summed E-state index contributed by atoms with van der Waals surface area (Å²) in [5.74, 6) is -0.685. The van der Waals surface area contributed by atoms with Crippen LogP contribution in [0.1, 0.15) is 34.8 Å². The zero-order valence-corrected chi connectivity index (χ0v) is 23.0. The third-order valence-electron chi connectivity index (χ3n) is 6.49. The lowest BCUT2D eigenvalue weighted by Gasteiger charge is -2.28. The number of pyridine rings is 1. The van der Waals surface area contributed by atoms with Gasteiger partial charge in [0.15, 0.2) is 5.76 Å². The number of hydrogen-bond acceptors (Lipinski definition) is 8. The molecule has 3 N–H and O–H groups in total. The maximum atomic E-state index is 13.5. The molecule has 2 amide bonds. The van der Waals surface area contributed by atoms with Crippen molar-refractivity contribution >= 4 is 57.9 Å². The number of rotatable bonds is 7. The van der Waals surface area contributed by atoms with Gasteiger partial charge in [-0.05, 0) is 49.2 Å². The van der Waals surface area contributed by atoms with Crippen molar-refractivity contribution in [3.8, 4) is 0 Å². The quantitative estimate of drug-likeness (QED) is 0.417. The lowest BCUT2D eigenvalue weighted by atomic mass is 10.0. The predicted octanol–water partition coefficient (Wildman–Crippen LogP) is 3.50. The van der Waals surface area contributed by atoms with Crippen molar-refractivity contribution in [1.82, 2.24) is 20.2 Å². The van der Waals surface area contributed by atoms with Crippen LogP contribution < -0.4 is 10.7 Å². The van der Waals surface area contributed by atoms with Gasteiger partial charge in [-0.15, -0.1) is 0 Å². The lowest BCUT2D eigenvalue weighted by Crippen LogP contribution is -2.37. The fraction of sp³-hybridized carbons (Fsp3) is 0.280. The highest BCUT2D eigenvalue weighted by Crippen LogP contribution is 2.31. The number of hydrogen-bond donors (Lipinski definition) is 3. The average molecular weight is 591 g/mol. The van der Waals surface area contributed by atoms with Crippen molar-refractivity contribution < 1.29 is 22.5 Å². The number of nitrogens with zero attached hydrogens (tertiary/aromatic N) is 4. The number of hydrazone groups is 1. The summed E-state index contributed by atoms with van der Waals surface area (Å²) in [6, 6.07) is 8.27. The van der Waals surface area contributed by atoms with Gasteiger partial charge in [-0.1, -0.05) is 23.2 Å². The van der Waals surface area contributed by atoms with E-state index in [1.165, 1.54) is 18.3 Å². The van der Waals surface area contributed by atoms with Crippen molar-refractivity contribution in [3.05, 3.63) is 81.4 Å². The molecule has 14 heteroatoms. The number of aromatic nitrogens is 1. The van der Waals surface area contributed by atoms with Gasteiger partial charge in [-0.25, -0.2) is 0 Å². The van der Waals surface area contributed by atoms with Crippen LogP contribution in [0, 0.1) is 0 Å². The van der Waals surface area contributed by atoms with E-state index in [9.17, 15) is 18.4 Å². The molecule has 2 unspecified atom stereocenters. The van der Waals surface area contributed by atoms with E-state index in [0.29, 0.717) is 28.1 Å². The summed E-state index contributed by atoms with van der Waals surface area (Å²) in [6.45, 7) is 0.464. The largest absolute Gasteiger partial charge is 0.379 e. The summed E-state index contributed by atoms with van der Waals surface area (Å²) < 4.78 is 25.8. The minimum absolute atomic E-state index is 0.0337. The van der Waals surface area contributed by atoms with Crippen LogP contribution in [0.3, 0.4) is 0 Å².